The van der Waals surface area contributed by atoms with Crippen LogP contribution in [0.1, 0.15) is 19.3 Å². The molecule has 2 saturated heterocycles. The zero-order chi connectivity index (χ0) is 13.1. The quantitative estimate of drug-likeness (QED) is 0.684. The second-order valence-electron chi connectivity index (χ2n) is 5.37. The Bertz CT molecular complexity index is 387. The lowest BCUT2D eigenvalue weighted by Crippen LogP contribution is -2.43. The summed E-state index contributed by atoms with van der Waals surface area (Å²) in [6, 6.07) is 0. The van der Waals surface area contributed by atoms with E-state index in [-0.39, 0.29) is 16.9 Å². The van der Waals surface area contributed by atoms with Gasteiger partial charge in [-0.2, -0.15) is 0 Å². The molecule has 0 unspecified atom stereocenters. The lowest BCUT2D eigenvalue weighted by Gasteiger charge is -2.36. The van der Waals surface area contributed by atoms with Crippen molar-refractivity contribution in [1.29, 1.82) is 0 Å². The van der Waals surface area contributed by atoms with Crippen LogP contribution in [0.2, 0.25) is 0 Å². The summed E-state index contributed by atoms with van der Waals surface area (Å²) in [5, 5.41) is 0. The minimum Gasteiger partial charge on any atom is -0.381 e. The number of carbonyl (C=O) groups is 1. The van der Waals surface area contributed by atoms with Gasteiger partial charge >= 0.3 is 0 Å². The Morgan fingerprint density at radius 2 is 1.89 bits per heavy atom. The zero-order valence-electron chi connectivity index (χ0n) is 10.6. The van der Waals surface area contributed by atoms with E-state index in [0.29, 0.717) is 32.7 Å². The molecule has 2 aliphatic rings. The first-order chi connectivity index (χ1) is 8.55. The Hall–Kier alpha value is -0.460. The number of hydrogen-bond donors (Lipinski definition) is 0. The van der Waals surface area contributed by atoms with Gasteiger partial charge in [0.2, 0.25) is 0 Å². The molecule has 2 fully saturated rings. The van der Waals surface area contributed by atoms with Crippen LogP contribution >= 0.6 is 0 Å². The molecule has 0 radical (unpaired) electrons. The van der Waals surface area contributed by atoms with Gasteiger partial charge in [-0.25, -0.2) is 8.42 Å². The lowest BCUT2D eigenvalue weighted by molar-refractivity contribution is -0.123. The molecular weight excluding hydrogens is 254 g/mol. The van der Waals surface area contributed by atoms with Gasteiger partial charge in [-0.1, -0.05) is 0 Å². The third-order valence-corrected chi connectivity index (χ3v) is 5.64. The second-order valence-corrected chi connectivity index (χ2v) is 7.68. The topological polar surface area (TPSA) is 63.7 Å². The molecule has 0 N–H and O–H groups in total. The van der Waals surface area contributed by atoms with Crippen LogP contribution in [0.4, 0.5) is 0 Å². The van der Waals surface area contributed by atoms with Crippen molar-refractivity contribution >= 4 is 16.1 Å². The van der Waals surface area contributed by atoms with E-state index in [1.165, 1.54) is 0 Å². The summed E-state index contributed by atoms with van der Waals surface area (Å²) >= 11 is 0. The minimum atomic E-state index is -2.87. The predicted molar refractivity (Wildman–Crippen MR) is 68.3 cm³/mol. The maximum Gasteiger partial charge on any atom is 0.151 e. The van der Waals surface area contributed by atoms with Gasteiger partial charge in [-0.15, -0.1) is 0 Å². The molecule has 0 bridgehead atoms. The molecule has 6 heteroatoms. The molecule has 2 aliphatic heterocycles. The van der Waals surface area contributed by atoms with Gasteiger partial charge in [0.25, 0.3) is 0 Å². The molecule has 0 aromatic carbocycles. The second kappa shape index (κ2) is 5.67. The van der Waals surface area contributed by atoms with E-state index in [1.54, 1.807) is 0 Å². The molecule has 0 spiro atoms. The Labute approximate surface area is 108 Å². The highest BCUT2D eigenvalue weighted by molar-refractivity contribution is 7.91. The monoisotopic (exact) mass is 275 g/mol. The van der Waals surface area contributed by atoms with E-state index < -0.39 is 9.84 Å². The fourth-order valence-corrected chi connectivity index (χ4v) is 3.99. The summed E-state index contributed by atoms with van der Waals surface area (Å²) < 4.78 is 28.4. The number of rotatable bonds is 3. The Kier molecular flexibility index (Phi) is 4.40. The summed E-state index contributed by atoms with van der Waals surface area (Å²) in [6.07, 6.45) is 3.22. The number of nitrogens with zero attached hydrogens (tertiary/aromatic N) is 1. The lowest BCUT2D eigenvalue weighted by atomic mass is 9.81. The van der Waals surface area contributed by atoms with Crippen LogP contribution in [0.15, 0.2) is 0 Å². The molecule has 0 amide bonds. The molecule has 0 saturated carbocycles. The SMILES string of the molecule is O=CC1(CN2CCCS(=O)(=O)CC2)CCOCC1. The van der Waals surface area contributed by atoms with Gasteiger partial charge in [0, 0.05) is 31.7 Å². The minimum absolute atomic E-state index is 0.221. The number of sulfone groups is 1. The molecule has 104 valence electrons. The summed E-state index contributed by atoms with van der Waals surface area (Å²) in [5.41, 5.74) is -0.327. The van der Waals surface area contributed by atoms with Crippen LogP contribution in [-0.2, 0) is 19.4 Å². The highest BCUT2D eigenvalue weighted by Crippen LogP contribution is 2.29. The fourth-order valence-electron chi connectivity index (χ4n) is 2.68. The zero-order valence-corrected chi connectivity index (χ0v) is 11.5. The van der Waals surface area contributed by atoms with E-state index in [2.05, 4.69) is 4.90 Å². The van der Waals surface area contributed by atoms with Gasteiger partial charge in [-0.3, -0.25) is 0 Å². The van der Waals surface area contributed by atoms with E-state index in [0.717, 1.165) is 25.7 Å². The smallest absolute Gasteiger partial charge is 0.151 e. The van der Waals surface area contributed by atoms with E-state index >= 15 is 0 Å². The predicted octanol–water partition coefficient (Wildman–Crippen LogP) is 0.103. The average molecular weight is 275 g/mol. The first kappa shape index (κ1) is 14.0. The summed E-state index contributed by atoms with van der Waals surface area (Å²) in [6.45, 7) is 3.26. The fraction of sp³-hybridized carbons (Fsp3) is 0.917. The first-order valence-corrected chi connectivity index (χ1v) is 8.34. The Morgan fingerprint density at radius 3 is 2.56 bits per heavy atom. The Morgan fingerprint density at radius 1 is 1.17 bits per heavy atom. The van der Waals surface area contributed by atoms with Crippen molar-refractivity contribution < 1.29 is 17.9 Å². The highest BCUT2D eigenvalue weighted by Gasteiger charge is 2.35. The molecule has 0 atom stereocenters. The first-order valence-electron chi connectivity index (χ1n) is 6.52. The Balaban J connectivity index is 1.97. The number of aldehydes is 1. The van der Waals surface area contributed by atoms with Crippen LogP contribution in [0.25, 0.3) is 0 Å². The van der Waals surface area contributed by atoms with Crippen LogP contribution in [-0.4, -0.2) is 64.0 Å². The molecule has 0 aromatic rings. The molecular formula is C12H21NO4S. The summed E-state index contributed by atoms with van der Waals surface area (Å²) in [7, 11) is -2.87. The molecule has 2 rings (SSSR count). The molecule has 2 heterocycles. The van der Waals surface area contributed by atoms with Gasteiger partial charge in [0.15, 0.2) is 9.84 Å². The van der Waals surface area contributed by atoms with Crippen molar-refractivity contribution in [2.45, 2.75) is 19.3 Å². The van der Waals surface area contributed by atoms with Crippen molar-refractivity contribution in [2.75, 3.05) is 44.4 Å². The van der Waals surface area contributed by atoms with Crippen LogP contribution in [0.3, 0.4) is 0 Å². The number of hydrogen-bond acceptors (Lipinski definition) is 5. The third kappa shape index (κ3) is 3.52. The molecule has 18 heavy (non-hydrogen) atoms. The van der Waals surface area contributed by atoms with Crippen molar-refractivity contribution in [2.24, 2.45) is 5.41 Å². The van der Waals surface area contributed by atoms with Crippen LogP contribution < -0.4 is 0 Å². The highest BCUT2D eigenvalue weighted by atomic mass is 32.2. The van der Waals surface area contributed by atoms with Crippen LogP contribution in [0, 0.1) is 5.41 Å². The largest absolute Gasteiger partial charge is 0.381 e. The number of carbonyl (C=O) groups excluding carboxylic acids is 1. The maximum atomic E-state index is 11.5. The summed E-state index contributed by atoms with van der Waals surface area (Å²) in [5.74, 6) is 0.499. The number of ether oxygens (including phenoxy) is 1. The van der Waals surface area contributed by atoms with Gasteiger partial charge in [0.1, 0.15) is 6.29 Å². The standard InChI is InChI=1S/C12H21NO4S/c14-11-12(2-6-17-7-3-12)10-13-4-1-8-18(15,16)9-5-13/h11H,1-10H2. The van der Waals surface area contributed by atoms with Gasteiger partial charge in [-0.05, 0) is 25.8 Å². The summed E-state index contributed by atoms with van der Waals surface area (Å²) in [4.78, 5) is 13.5. The maximum absolute atomic E-state index is 11.5. The van der Waals surface area contributed by atoms with Gasteiger partial charge < -0.3 is 14.4 Å². The van der Waals surface area contributed by atoms with E-state index in [1.807, 2.05) is 0 Å². The van der Waals surface area contributed by atoms with E-state index in [9.17, 15) is 13.2 Å². The molecule has 0 aromatic heterocycles. The van der Waals surface area contributed by atoms with Crippen molar-refractivity contribution in [3.05, 3.63) is 0 Å². The van der Waals surface area contributed by atoms with Crippen molar-refractivity contribution in [3.63, 3.8) is 0 Å². The van der Waals surface area contributed by atoms with Crippen molar-refractivity contribution in [1.82, 2.24) is 4.90 Å². The third-order valence-electron chi connectivity index (χ3n) is 3.93. The van der Waals surface area contributed by atoms with E-state index in [4.69, 9.17) is 4.74 Å². The van der Waals surface area contributed by atoms with Gasteiger partial charge in [0.05, 0.1) is 11.5 Å². The molecule has 0 aliphatic carbocycles. The van der Waals surface area contributed by atoms with Crippen molar-refractivity contribution in [3.8, 4) is 0 Å². The molecule has 5 nitrogen and oxygen atoms in total. The average Bonchev–Trinajstić information content (AvgIpc) is 2.52. The normalized spacial score (nSPS) is 28.4. The van der Waals surface area contributed by atoms with Crippen LogP contribution in [0.5, 0.6) is 0 Å².